The zero-order valence-corrected chi connectivity index (χ0v) is 14.8. The molecule has 0 radical (unpaired) electrons. The maximum Gasteiger partial charge on any atom is 0.238 e. The molecular weight excluding hydrogens is 338 g/mol. The summed E-state index contributed by atoms with van der Waals surface area (Å²) >= 11 is 0. The van der Waals surface area contributed by atoms with Gasteiger partial charge in [-0.25, -0.2) is 13.6 Å². The SMILES string of the molecule is COc1ccc(Cn2cc(-c3ccc(S(N)(=O)=O)cc3C)cn2)cc1. The Labute approximate surface area is 146 Å². The highest BCUT2D eigenvalue weighted by atomic mass is 32.2. The lowest BCUT2D eigenvalue weighted by Gasteiger charge is -2.06. The van der Waals surface area contributed by atoms with Crippen molar-refractivity contribution in [2.75, 3.05) is 7.11 Å². The summed E-state index contributed by atoms with van der Waals surface area (Å²) in [6.07, 6.45) is 3.70. The number of hydrogen-bond donors (Lipinski definition) is 1. The highest BCUT2D eigenvalue weighted by Crippen LogP contribution is 2.25. The molecule has 2 aromatic carbocycles. The average molecular weight is 357 g/mol. The molecule has 7 heteroatoms. The third-order valence-corrected chi connectivity index (χ3v) is 4.89. The average Bonchev–Trinajstić information content (AvgIpc) is 3.03. The summed E-state index contributed by atoms with van der Waals surface area (Å²) in [5.41, 5.74) is 3.78. The topological polar surface area (TPSA) is 87.2 Å². The number of primary sulfonamides is 1. The van der Waals surface area contributed by atoms with Crippen molar-refractivity contribution < 1.29 is 13.2 Å². The van der Waals surface area contributed by atoms with Crippen LogP contribution in [0.15, 0.2) is 59.8 Å². The van der Waals surface area contributed by atoms with E-state index in [0.717, 1.165) is 28.0 Å². The number of nitrogens with zero attached hydrogens (tertiary/aromatic N) is 2. The molecule has 25 heavy (non-hydrogen) atoms. The number of ether oxygens (including phenoxy) is 1. The van der Waals surface area contributed by atoms with Crippen LogP contribution in [0, 0.1) is 6.92 Å². The highest BCUT2D eigenvalue weighted by Gasteiger charge is 2.11. The molecule has 1 aromatic heterocycles. The second kappa shape index (κ2) is 6.70. The normalized spacial score (nSPS) is 11.5. The van der Waals surface area contributed by atoms with Gasteiger partial charge in [0.15, 0.2) is 0 Å². The van der Waals surface area contributed by atoms with Crippen molar-refractivity contribution in [1.29, 1.82) is 0 Å². The van der Waals surface area contributed by atoms with E-state index in [9.17, 15) is 8.42 Å². The number of rotatable bonds is 5. The monoisotopic (exact) mass is 357 g/mol. The number of hydrogen-bond acceptors (Lipinski definition) is 4. The molecule has 0 bridgehead atoms. The van der Waals surface area contributed by atoms with Crippen LogP contribution in [-0.2, 0) is 16.6 Å². The Morgan fingerprint density at radius 1 is 1.16 bits per heavy atom. The molecule has 3 rings (SSSR count). The van der Waals surface area contributed by atoms with E-state index in [-0.39, 0.29) is 4.90 Å². The minimum atomic E-state index is -3.70. The highest BCUT2D eigenvalue weighted by molar-refractivity contribution is 7.89. The number of aryl methyl sites for hydroxylation is 1. The van der Waals surface area contributed by atoms with Gasteiger partial charge in [0, 0.05) is 11.8 Å². The Morgan fingerprint density at radius 3 is 2.48 bits per heavy atom. The summed E-state index contributed by atoms with van der Waals surface area (Å²) in [7, 11) is -2.06. The van der Waals surface area contributed by atoms with Gasteiger partial charge in [0.25, 0.3) is 0 Å². The van der Waals surface area contributed by atoms with Crippen LogP contribution in [0.1, 0.15) is 11.1 Å². The first-order chi connectivity index (χ1) is 11.9. The maximum absolute atomic E-state index is 11.4. The fraction of sp³-hybridized carbons (Fsp3) is 0.167. The summed E-state index contributed by atoms with van der Waals surface area (Å²) < 4.78 is 29.9. The Bertz CT molecular complexity index is 993. The van der Waals surface area contributed by atoms with Gasteiger partial charge in [-0.15, -0.1) is 0 Å². The van der Waals surface area contributed by atoms with Crippen molar-refractivity contribution in [3.05, 3.63) is 66.0 Å². The summed E-state index contributed by atoms with van der Waals surface area (Å²) in [4.78, 5) is 0.111. The van der Waals surface area contributed by atoms with Crippen LogP contribution in [0.3, 0.4) is 0 Å². The summed E-state index contributed by atoms with van der Waals surface area (Å²) in [6, 6.07) is 12.7. The van der Waals surface area contributed by atoms with Gasteiger partial charge in [0.2, 0.25) is 10.0 Å². The smallest absolute Gasteiger partial charge is 0.238 e. The van der Waals surface area contributed by atoms with Crippen molar-refractivity contribution in [3.63, 3.8) is 0 Å². The lowest BCUT2D eigenvalue weighted by molar-refractivity contribution is 0.414. The van der Waals surface area contributed by atoms with Crippen LogP contribution >= 0.6 is 0 Å². The molecule has 0 saturated carbocycles. The number of nitrogens with two attached hydrogens (primary N) is 1. The lowest BCUT2D eigenvalue weighted by atomic mass is 10.0. The van der Waals surface area contributed by atoms with Crippen molar-refractivity contribution in [2.45, 2.75) is 18.4 Å². The molecule has 0 aliphatic heterocycles. The summed E-state index contributed by atoms with van der Waals surface area (Å²) in [5.74, 6) is 0.815. The van der Waals surface area contributed by atoms with Crippen molar-refractivity contribution in [1.82, 2.24) is 9.78 Å². The summed E-state index contributed by atoms with van der Waals surface area (Å²) in [5, 5.41) is 9.56. The van der Waals surface area contributed by atoms with E-state index in [0.29, 0.717) is 6.54 Å². The summed E-state index contributed by atoms with van der Waals surface area (Å²) in [6.45, 7) is 2.49. The van der Waals surface area contributed by atoms with Crippen LogP contribution < -0.4 is 9.88 Å². The quantitative estimate of drug-likeness (QED) is 0.760. The predicted molar refractivity (Wildman–Crippen MR) is 95.9 cm³/mol. The minimum absolute atomic E-state index is 0.111. The largest absolute Gasteiger partial charge is 0.497 e. The first kappa shape index (κ1) is 17.2. The Balaban J connectivity index is 1.83. The van der Waals surface area contributed by atoms with E-state index in [1.54, 1.807) is 25.4 Å². The van der Waals surface area contributed by atoms with Gasteiger partial charge in [-0.05, 0) is 47.9 Å². The first-order valence-corrected chi connectivity index (χ1v) is 9.20. The van der Waals surface area contributed by atoms with Gasteiger partial charge in [-0.3, -0.25) is 4.68 Å². The standard InChI is InChI=1S/C18H19N3O3S/c1-13-9-17(25(19,22)23)7-8-18(13)15-10-20-21(12-15)11-14-3-5-16(24-2)6-4-14/h3-10,12H,11H2,1-2H3,(H2,19,22,23). The van der Waals surface area contributed by atoms with Gasteiger partial charge in [0.05, 0.1) is 24.7 Å². The number of sulfonamides is 1. The van der Waals surface area contributed by atoms with Crippen LogP contribution in [-0.4, -0.2) is 25.3 Å². The molecule has 0 fully saturated rings. The number of aromatic nitrogens is 2. The predicted octanol–water partition coefficient (Wildman–Crippen LogP) is 2.56. The van der Waals surface area contributed by atoms with Crippen molar-refractivity contribution >= 4 is 10.0 Å². The van der Waals surface area contributed by atoms with Gasteiger partial charge in [0.1, 0.15) is 5.75 Å². The second-order valence-corrected chi connectivity index (χ2v) is 7.36. The minimum Gasteiger partial charge on any atom is -0.497 e. The zero-order valence-electron chi connectivity index (χ0n) is 14.0. The third kappa shape index (κ3) is 3.89. The fourth-order valence-electron chi connectivity index (χ4n) is 2.64. The van der Waals surface area contributed by atoms with Crippen LogP contribution in [0.25, 0.3) is 11.1 Å². The van der Waals surface area contributed by atoms with Crippen molar-refractivity contribution in [2.24, 2.45) is 5.14 Å². The van der Waals surface area contributed by atoms with E-state index < -0.39 is 10.0 Å². The number of methoxy groups -OCH3 is 1. The molecule has 1 heterocycles. The molecule has 0 amide bonds. The van der Waals surface area contributed by atoms with Gasteiger partial charge in [-0.2, -0.15) is 5.10 Å². The second-order valence-electron chi connectivity index (χ2n) is 5.80. The van der Waals surface area contributed by atoms with E-state index in [1.807, 2.05) is 42.1 Å². The van der Waals surface area contributed by atoms with E-state index in [4.69, 9.17) is 9.88 Å². The Kier molecular flexibility index (Phi) is 4.61. The molecule has 2 N–H and O–H groups in total. The van der Waals surface area contributed by atoms with Crippen molar-refractivity contribution in [3.8, 4) is 16.9 Å². The first-order valence-electron chi connectivity index (χ1n) is 7.66. The zero-order chi connectivity index (χ0) is 18.0. The van der Waals surface area contributed by atoms with Gasteiger partial charge >= 0.3 is 0 Å². The van der Waals surface area contributed by atoms with Crippen LogP contribution in [0.5, 0.6) is 5.75 Å². The fourth-order valence-corrected chi connectivity index (χ4v) is 3.24. The molecule has 3 aromatic rings. The lowest BCUT2D eigenvalue weighted by Crippen LogP contribution is -2.12. The molecule has 130 valence electrons. The van der Waals surface area contributed by atoms with Crippen LogP contribution in [0.2, 0.25) is 0 Å². The van der Waals surface area contributed by atoms with Gasteiger partial charge < -0.3 is 4.74 Å². The molecule has 0 spiro atoms. The molecule has 6 nitrogen and oxygen atoms in total. The number of benzene rings is 2. The Hall–Kier alpha value is -2.64. The third-order valence-electron chi connectivity index (χ3n) is 3.97. The molecule has 0 unspecified atom stereocenters. The van der Waals surface area contributed by atoms with Crippen LogP contribution in [0.4, 0.5) is 0 Å². The molecule has 0 atom stereocenters. The van der Waals surface area contributed by atoms with Gasteiger partial charge in [-0.1, -0.05) is 18.2 Å². The molecule has 0 aliphatic carbocycles. The van der Waals surface area contributed by atoms with E-state index >= 15 is 0 Å². The van der Waals surface area contributed by atoms with E-state index in [2.05, 4.69) is 5.10 Å². The molecule has 0 aliphatic rings. The molecular formula is C18H19N3O3S. The van der Waals surface area contributed by atoms with E-state index in [1.165, 1.54) is 6.07 Å². The maximum atomic E-state index is 11.4. The Morgan fingerprint density at radius 2 is 1.88 bits per heavy atom. The molecule has 0 saturated heterocycles.